The lowest BCUT2D eigenvalue weighted by Crippen LogP contribution is -2.60. The van der Waals surface area contributed by atoms with Crippen LogP contribution in [0, 0.1) is 17.2 Å². The predicted molar refractivity (Wildman–Crippen MR) is 232 cm³/mol. The molecule has 1 aromatic heterocycles. The number of hydrogen-bond acceptors (Lipinski definition) is 10. The molecule has 2 aromatic carbocycles. The number of aromatic carboxylic acids is 1. The van der Waals surface area contributed by atoms with Gasteiger partial charge in [0.05, 0.1) is 11.2 Å². The molecule has 3 heterocycles. The highest BCUT2D eigenvalue weighted by molar-refractivity contribution is 8.03. The van der Waals surface area contributed by atoms with Crippen molar-refractivity contribution in [2.75, 3.05) is 42.9 Å². The van der Waals surface area contributed by atoms with E-state index in [0.29, 0.717) is 54.2 Å². The number of halogens is 1. The lowest BCUT2D eigenvalue weighted by molar-refractivity contribution is -0.151. The number of piperazine rings is 1. The number of aromatic nitrogens is 1. The Morgan fingerprint density at radius 1 is 1.03 bits per heavy atom. The van der Waals surface area contributed by atoms with Crippen LogP contribution in [0.3, 0.4) is 0 Å². The van der Waals surface area contributed by atoms with Gasteiger partial charge in [-0.1, -0.05) is 31.6 Å². The zero-order chi connectivity index (χ0) is 44.7. The SMILES string of the molecule is CCn1cc(C(=O)O)c(=O)c2cc(F)c(N3CCN(C(=O)OCc4ccc(NC(=O)C(CCCNC(N)=O)NC(=O)C5(C(=O)NC(C)C6C=CSC6C)CCC5)cc4)CC3)cc21. The van der Waals surface area contributed by atoms with Crippen molar-refractivity contribution in [3.05, 3.63) is 81.2 Å². The van der Waals surface area contributed by atoms with Gasteiger partial charge in [-0.15, -0.1) is 11.8 Å². The maximum absolute atomic E-state index is 15.3. The predicted octanol–water partition coefficient (Wildman–Crippen LogP) is 4.13. The highest BCUT2D eigenvalue weighted by Gasteiger charge is 2.52. The summed E-state index contributed by atoms with van der Waals surface area (Å²) in [4.78, 5) is 92.9. The van der Waals surface area contributed by atoms with Crippen LogP contribution in [0.1, 0.15) is 68.8 Å². The van der Waals surface area contributed by atoms with Gasteiger partial charge in [-0.25, -0.2) is 18.8 Å². The van der Waals surface area contributed by atoms with Gasteiger partial charge in [-0.2, -0.15) is 0 Å². The number of nitrogens with two attached hydrogens (primary N) is 1. The summed E-state index contributed by atoms with van der Waals surface area (Å²) in [5.74, 6) is -3.34. The molecule has 1 aliphatic carbocycles. The van der Waals surface area contributed by atoms with Crippen molar-refractivity contribution in [2.45, 2.75) is 83.4 Å². The second-order valence-electron chi connectivity index (χ2n) is 15.9. The molecule has 4 atom stereocenters. The molecule has 7 N–H and O–H groups in total. The van der Waals surface area contributed by atoms with Crippen LogP contribution >= 0.6 is 11.8 Å². The van der Waals surface area contributed by atoms with Gasteiger partial charge in [-0.05, 0) is 74.8 Å². The molecule has 62 heavy (non-hydrogen) atoms. The molecule has 1 saturated heterocycles. The topological polar surface area (TPSA) is 234 Å². The largest absolute Gasteiger partial charge is 0.477 e. The average molecular weight is 877 g/mol. The number of amides is 6. The van der Waals surface area contributed by atoms with E-state index in [9.17, 15) is 38.7 Å². The number of hydrogen-bond donors (Lipinski definition) is 6. The number of carboxylic acids is 1. The smallest absolute Gasteiger partial charge is 0.410 e. The zero-order valence-electron chi connectivity index (χ0n) is 34.9. The third-order valence-electron chi connectivity index (χ3n) is 11.9. The van der Waals surface area contributed by atoms with Crippen molar-refractivity contribution in [3.8, 4) is 0 Å². The molecule has 0 bridgehead atoms. The standard InChI is InChI=1S/C43H53FN8O9S/c1-4-50-23-31(38(55)56)36(53)30-21-32(44)35(22-34(30)50)51-16-18-52(19-17-51)42(60)61-24-27-8-10-28(11-9-27)48-37(54)33(7-5-15-46-41(45)59)49-40(58)43(13-6-14-43)39(57)47-25(2)29-12-20-62-26(29)3/h8-12,20-23,25-26,29,33H,4-7,13-19,24H2,1-3H3,(H,47,57)(H,48,54)(H,49,58)(H,55,56)(H3,45,46,59). The van der Waals surface area contributed by atoms with Gasteiger partial charge in [0.2, 0.25) is 23.2 Å². The molecule has 2 aliphatic heterocycles. The molecule has 0 spiro atoms. The van der Waals surface area contributed by atoms with Gasteiger partial charge in [0.15, 0.2) is 0 Å². The number of carbonyl (C=O) groups is 6. The van der Waals surface area contributed by atoms with Crippen molar-refractivity contribution in [3.63, 3.8) is 0 Å². The van der Waals surface area contributed by atoms with Crippen LogP contribution in [0.5, 0.6) is 0 Å². The summed E-state index contributed by atoms with van der Waals surface area (Å²) in [5, 5.41) is 22.9. The number of nitrogens with zero attached hydrogens (tertiary/aromatic N) is 3. The Kier molecular flexibility index (Phi) is 14.5. The Balaban J connectivity index is 1.02. The van der Waals surface area contributed by atoms with E-state index in [-0.39, 0.29) is 74.7 Å². The fraction of sp³-hybridized carbons (Fsp3) is 0.465. The highest BCUT2D eigenvalue weighted by atomic mass is 32.2. The minimum Gasteiger partial charge on any atom is -0.477 e. The van der Waals surface area contributed by atoms with E-state index in [4.69, 9.17) is 10.5 Å². The van der Waals surface area contributed by atoms with Gasteiger partial charge >= 0.3 is 18.1 Å². The first-order valence-corrected chi connectivity index (χ1v) is 21.7. The Morgan fingerprint density at radius 2 is 1.73 bits per heavy atom. The van der Waals surface area contributed by atoms with Gasteiger partial charge in [0.25, 0.3) is 0 Å². The molecular weight excluding hydrogens is 824 g/mol. The molecule has 17 nitrogen and oxygen atoms in total. The summed E-state index contributed by atoms with van der Waals surface area (Å²) in [6, 6.07) is 7.28. The molecule has 2 fully saturated rings. The number of rotatable bonds is 16. The number of carboxylic acid groups (broad SMARTS) is 1. The van der Waals surface area contributed by atoms with E-state index in [1.54, 1.807) is 52.4 Å². The van der Waals surface area contributed by atoms with Gasteiger partial charge in [0, 0.05) is 73.7 Å². The van der Waals surface area contributed by atoms with Crippen LogP contribution in [-0.4, -0.2) is 100 Å². The third-order valence-corrected chi connectivity index (χ3v) is 13.0. The Hall–Kier alpha value is -6.11. The van der Waals surface area contributed by atoms with Crippen LogP contribution in [0.2, 0.25) is 0 Å². The first-order chi connectivity index (χ1) is 29.6. The first-order valence-electron chi connectivity index (χ1n) is 20.8. The van der Waals surface area contributed by atoms with E-state index in [2.05, 4.69) is 34.3 Å². The van der Waals surface area contributed by atoms with Gasteiger partial charge in [-0.3, -0.25) is 19.2 Å². The molecule has 4 unspecified atom stereocenters. The van der Waals surface area contributed by atoms with E-state index >= 15 is 4.39 Å². The Morgan fingerprint density at radius 3 is 2.32 bits per heavy atom. The lowest BCUT2D eigenvalue weighted by Gasteiger charge is -2.40. The molecule has 3 aromatic rings. The number of thioether (sulfide) groups is 1. The van der Waals surface area contributed by atoms with E-state index in [0.717, 1.165) is 6.07 Å². The zero-order valence-corrected chi connectivity index (χ0v) is 35.7. The van der Waals surface area contributed by atoms with Crippen LogP contribution < -0.4 is 37.3 Å². The number of fused-ring (bicyclic) bond motifs is 1. The summed E-state index contributed by atoms with van der Waals surface area (Å²) in [6.07, 6.45) is 4.64. The fourth-order valence-electron chi connectivity index (χ4n) is 8.03. The molecule has 3 aliphatic rings. The summed E-state index contributed by atoms with van der Waals surface area (Å²) >= 11 is 1.69. The van der Waals surface area contributed by atoms with Crippen molar-refractivity contribution in [2.24, 2.45) is 17.1 Å². The second kappa shape index (κ2) is 19.7. The van der Waals surface area contributed by atoms with Gasteiger partial charge in [0.1, 0.15) is 29.4 Å². The number of nitrogens with one attached hydrogen (secondary N) is 4. The molecule has 1 saturated carbocycles. The van der Waals surface area contributed by atoms with Crippen LogP contribution in [0.4, 0.5) is 25.4 Å². The molecule has 332 valence electrons. The average Bonchev–Trinajstić information content (AvgIpc) is 3.66. The highest BCUT2D eigenvalue weighted by Crippen LogP contribution is 2.42. The monoisotopic (exact) mass is 876 g/mol. The number of urea groups is 1. The number of primary amides is 1. The van der Waals surface area contributed by atoms with Crippen LogP contribution in [0.15, 0.2) is 58.9 Å². The molecular formula is C43H53FN8O9S. The fourth-order valence-corrected chi connectivity index (χ4v) is 9.06. The van der Waals surface area contributed by atoms with Crippen molar-refractivity contribution in [1.29, 1.82) is 0 Å². The summed E-state index contributed by atoms with van der Waals surface area (Å²) < 4.78 is 22.5. The minimum absolute atomic E-state index is 0.0268. The first kappa shape index (κ1) is 45.4. The number of aryl methyl sites for hydroxylation is 1. The van der Waals surface area contributed by atoms with Crippen molar-refractivity contribution < 1.29 is 43.0 Å². The maximum atomic E-state index is 15.3. The normalized spacial score (nSPS) is 18.9. The summed E-state index contributed by atoms with van der Waals surface area (Å²) in [7, 11) is 0. The maximum Gasteiger partial charge on any atom is 0.410 e. The van der Waals surface area contributed by atoms with E-state index in [1.165, 1.54) is 17.2 Å². The van der Waals surface area contributed by atoms with Crippen molar-refractivity contribution >= 4 is 69.9 Å². The molecule has 6 amide bonds. The Bertz CT molecular complexity index is 2290. The summed E-state index contributed by atoms with van der Waals surface area (Å²) in [5.41, 5.74) is 4.40. The quantitative estimate of drug-likeness (QED) is 0.0885. The number of pyridine rings is 1. The number of benzene rings is 2. The van der Waals surface area contributed by atoms with Crippen LogP contribution in [0.25, 0.3) is 10.9 Å². The molecule has 0 radical (unpaired) electrons. The molecule has 19 heteroatoms. The minimum atomic E-state index is -1.39. The van der Waals surface area contributed by atoms with E-state index in [1.807, 2.05) is 12.3 Å². The van der Waals surface area contributed by atoms with E-state index < -0.39 is 58.2 Å². The summed E-state index contributed by atoms with van der Waals surface area (Å²) in [6.45, 7) is 7.30. The Labute approximate surface area is 361 Å². The van der Waals surface area contributed by atoms with Crippen molar-refractivity contribution in [1.82, 2.24) is 25.4 Å². The van der Waals surface area contributed by atoms with Crippen LogP contribution in [-0.2, 0) is 32.3 Å². The second-order valence-corrected chi connectivity index (χ2v) is 17.2. The number of ether oxygens (including phenoxy) is 1. The third kappa shape index (κ3) is 10.1. The van der Waals surface area contributed by atoms with Gasteiger partial charge < -0.3 is 51.2 Å². The molecule has 6 rings (SSSR count). The number of carbonyl (C=O) groups excluding carboxylic acids is 5. The number of anilines is 2. The lowest BCUT2D eigenvalue weighted by atomic mass is 9.67.